The number of ether oxygens (including phenoxy) is 3. The van der Waals surface area contributed by atoms with Gasteiger partial charge in [-0.15, -0.1) is 11.8 Å². The summed E-state index contributed by atoms with van der Waals surface area (Å²) < 4.78 is 56.8. The summed E-state index contributed by atoms with van der Waals surface area (Å²) >= 11 is 1.12. The van der Waals surface area contributed by atoms with Gasteiger partial charge in [-0.25, -0.2) is 13.9 Å². The normalized spacial score (nSPS) is 20.7. The van der Waals surface area contributed by atoms with Crippen LogP contribution in [0.2, 0.25) is 0 Å². The van der Waals surface area contributed by atoms with Crippen molar-refractivity contribution in [1.82, 2.24) is 9.55 Å². The molecular weight excluding hydrogens is 1010 g/mol. The predicted molar refractivity (Wildman–Crippen MR) is 276 cm³/mol. The second-order valence-corrected chi connectivity index (χ2v) is 22.3. The molecule has 22 nitrogen and oxygen atoms in total. The van der Waals surface area contributed by atoms with Gasteiger partial charge in [0.1, 0.15) is 36.8 Å². The molecule has 1 aromatic heterocycles. The number of nitrogens with zero attached hydrogens (tertiary/aromatic N) is 2. The number of phosphoric ester groups is 2. The number of carboxylic acids is 1. The third kappa shape index (κ3) is 29.4. The van der Waals surface area contributed by atoms with Crippen LogP contribution in [0.15, 0.2) is 65.7 Å². The number of aliphatic hydroxyl groups excluding tert-OH is 3. The maximum Gasteiger partial charge on any atom is 0.481 e. The summed E-state index contributed by atoms with van der Waals surface area (Å²) in [7, 11) is -11.1. The number of carbonyl (C=O) groups is 3. The number of carboxylic acid groups (broad SMARTS) is 1. The summed E-state index contributed by atoms with van der Waals surface area (Å²) in [6.07, 6.45) is 20.2. The number of allylic oxidation sites excluding steroid dienone is 7. The number of esters is 2. The molecular formula is C48H80N4O18P2S. The van der Waals surface area contributed by atoms with Crippen molar-refractivity contribution in [2.75, 3.05) is 31.3 Å². The lowest BCUT2D eigenvalue weighted by Gasteiger charge is -2.23. The SMILES string of the molecule is CCCCC/C=C\C\C=C/C=C/C=C/[C@@H](SC[C@H](N)C(=O)OC[C@H](COP(=O)(O)OP(=O)(O)OC[C@H]1O[C@@H](n2ccc(N)nc2=O)[C@H](O)[C@@H]1O)OC(=O)CCCCCCCCCC(C)C)[C@@H](O)CCCC(=O)O. The molecule has 2 unspecified atom stereocenters. The van der Waals surface area contributed by atoms with Crippen molar-refractivity contribution in [3.63, 3.8) is 0 Å². The van der Waals surface area contributed by atoms with Gasteiger partial charge in [0.15, 0.2) is 12.3 Å². The van der Waals surface area contributed by atoms with E-state index in [1.54, 1.807) is 18.2 Å². The number of hydrogen-bond donors (Lipinski definition) is 8. The maximum atomic E-state index is 13.2. The highest BCUT2D eigenvalue weighted by Crippen LogP contribution is 2.60. The zero-order chi connectivity index (χ0) is 54.2. The molecule has 73 heavy (non-hydrogen) atoms. The summed E-state index contributed by atoms with van der Waals surface area (Å²) in [5, 5.41) is 40.4. The second kappa shape index (κ2) is 36.4. The number of nitrogen functional groups attached to an aromatic ring is 1. The van der Waals surface area contributed by atoms with E-state index in [2.05, 4.69) is 42.2 Å². The molecule has 1 fully saturated rings. The molecule has 0 saturated carbocycles. The van der Waals surface area contributed by atoms with E-state index < -0.39 is 107 Å². The van der Waals surface area contributed by atoms with Crippen molar-refractivity contribution in [1.29, 1.82) is 0 Å². The van der Waals surface area contributed by atoms with Crippen molar-refractivity contribution in [2.45, 2.75) is 178 Å². The van der Waals surface area contributed by atoms with Gasteiger partial charge in [0.05, 0.1) is 19.3 Å². The van der Waals surface area contributed by atoms with E-state index in [1.807, 2.05) is 18.2 Å². The van der Waals surface area contributed by atoms with Gasteiger partial charge in [0.25, 0.3) is 0 Å². The minimum Gasteiger partial charge on any atom is -0.481 e. The number of nitrogens with two attached hydrogens (primary N) is 2. The number of phosphoric acid groups is 2. The minimum atomic E-state index is -5.55. The minimum absolute atomic E-state index is 0.0548. The Balaban J connectivity index is 2.06. The van der Waals surface area contributed by atoms with E-state index in [0.717, 1.165) is 80.3 Å². The van der Waals surface area contributed by atoms with Gasteiger partial charge in [0.2, 0.25) is 0 Å². The van der Waals surface area contributed by atoms with Gasteiger partial charge in [-0.05, 0) is 50.5 Å². The lowest BCUT2D eigenvalue weighted by molar-refractivity contribution is -0.161. The van der Waals surface area contributed by atoms with Gasteiger partial charge < -0.3 is 55.9 Å². The number of aromatic nitrogens is 2. The summed E-state index contributed by atoms with van der Waals surface area (Å²) in [5.41, 5.74) is 10.7. The average molecular weight is 1100 g/mol. The molecule has 2 heterocycles. The molecule has 416 valence electrons. The fourth-order valence-corrected chi connectivity index (χ4v) is 10.3. The van der Waals surface area contributed by atoms with E-state index in [4.69, 9.17) is 39.8 Å². The topological polar surface area (TPSA) is 349 Å². The van der Waals surface area contributed by atoms with Crippen molar-refractivity contribution in [3.8, 4) is 0 Å². The van der Waals surface area contributed by atoms with Crippen molar-refractivity contribution >= 4 is 51.1 Å². The first-order chi connectivity index (χ1) is 34.6. The third-order valence-corrected chi connectivity index (χ3v) is 15.1. The zero-order valence-electron chi connectivity index (χ0n) is 42.3. The molecule has 0 spiro atoms. The van der Waals surface area contributed by atoms with Crippen LogP contribution in [0.25, 0.3) is 0 Å². The molecule has 0 radical (unpaired) electrons. The second-order valence-electron chi connectivity index (χ2n) is 18.0. The summed E-state index contributed by atoms with van der Waals surface area (Å²) in [4.78, 5) is 73.7. The molecule has 1 aliphatic rings. The fourth-order valence-electron chi connectivity index (χ4n) is 7.06. The highest BCUT2D eigenvalue weighted by molar-refractivity contribution is 8.00. The van der Waals surface area contributed by atoms with Gasteiger partial charge in [-0.1, -0.05) is 127 Å². The molecule has 10 atom stereocenters. The molecule has 1 aromatic rings. The number of carbonyl (C=O) groups excluding carboxylic acids is 2. The van der Waals surface area contributed by atoms with Crippen LogP contribution in [0.4, 0.5) is 5.82 Å². The van der Waals surface area contributed by atoms with Crippen LogP contribution in [-0.2, 0) is 51.1 Å². The number of aliphatic carboxylic acids is 1. The Morgan fingerprint density at radius 2 is 1.56 bits per heavy atom. The Labute approximate surface area is 432 Å². The smallest absolute Gasteiger partial charge is 0.481 e. The number of hydrogen-bond acceptors (Lipinski definition) is 19. The molecule has 0 bridgehead atoms. The molecule has 10 N–H and O–H groups in total. The predicted octanol–water partition coefficient (Wildman–Crippen LogP) is 6.56. The van der Waals surface area contributed by atoms with Crippen LogP contribution in [-0.4, -0.2) is 125 Å². The Morgan fingerprint density at radius 1 is 0.877 bits per heavy atom. The molecule has 0 aliphatic carbocycles. The van der Waals surface area contributed by atoms with Gasteiger partial charge in [-0.2, -0.15) is 9.29 Å². The Morgan fingerprint density at radius 3 is 2.25 bits per heavy atom. The van der Waals surface area contributed by atoms with Crippen molar-refractivity contribution in [2.24, 2.45) is 11.7 Å². The van der Waals surface area contributed by atoms with Gasteiger partial charge in [-0.3, -0.25) is 28.0 Å². The molecule has 0 amide bonds. The Kier molecular flexibility index (Phi) is 32.7. The Hall–Kier alpha value is -3.54. The molecule has 0 aromatic carbocycles. The first-order valence-electron chi connectivity index (χ1n) is 24.9. The number of thioether (sulfide) groups is 1. The third-order valence-electron chi connectivity index (χ3n) is 11.1. The zero-order valence-corrected chi connectivity index (χ0v) is 44.9. The van der Waals surface area contributed by atoms with Crippen LogP contribution < -0.4 is 17.2 Å². The van der Waals surface area contributed by atoms with Crippen molar-refractivity contribution in [3.05, 3.63) is 71.4 Å². The molecule has 25 heteroatoms. The monoisotopic (exact) mass is 1090 g/mol. The first-order valence-corrected chi connectivity index (χ1v) is 29.0. The fraction of sp³-hybridized carbons (Fsp3) is 0.688. The van der Waals surface area contributed by atoms with E-state index in [1.165, 1.54) is 25.3 Å². The van der Waals surface area contributed by atoms with Crippen LogP contribution >= 0.6 is 27.4 Å². The van der Waals surface area contributed by atoms with E-state index in [-0.39, 0.29) is 37.3 Å². The molecule has 1 saturated heterocycles. The van der Waals surface area contributed by atoms with E-state index in [0.29, 0.717) is 12.3 Å². The van der Waals surface area contributed by atoms with Crippen molar-refractivity contribution < 1.29 is 81.3 Å². The molecule has 2 rings (SSSR count). The lowest BCUT2D eigenvalue weighted by atomic mass is 10.0. The molecule has 1 aliphatic heterocycles. The highest BCUT2D eigenvalue weighted by Gasteiger charge is 2.46. The number of unbranched alkanes of at least 4 members (excludes halogenated alkanes) is 9. The summed E-state index contributed by atoms with van der Waals surface area (Å²) in [6, 6.07) is -0.0742. The van der Waals surface area contributed by atoms with Crippen LogP contribution in [0.5, 0.6) is 0 Å². The van der Waals surface area contributed by atoms with E-state index >= 15 is 0 Å². The summed E-state index contributed by atoms with van der Waals surface area (Å²) in [5.74, 6) is -2.31. The summed E-state index contributed by atoms with van der Waals surface area (Å²) in [6.45, 7) is 3.79. The van der Waals surface area contributed by atoms with E-state index in [9.17, 15) is 53.4 Å². The maximum absolute atomic E-state index is 13.2. The van der Waals surface area contributed by atoms with Crippen LogP contribution in [0.1, 0.15) is 136 Å². The number of anilines is 1. The highest BCUT2D eigenvalue weighted by atomic mass is 32.2. The number of rotatable bonds is 40. The van der Waals surface area contributed by atoms with Gasteiger partial charge >= 0.3 is 39.2 Å². The largest absolute Gasteiger partial charge is 0.481 e. The standard InChI is InChI=1S/C48H80N4O18P2S/c1-4-5-6-7-8-9-10-11-12-15-18-21-26-40(38(53)25-23-27-42(54)55)73-34-37(49)47(59)65-31-36(68-43(56)28-22-19-16-13-14-17-20-24-35(2)3)32-66-71(61,62)70-72(63,64)67-33-39-44(57)45(58)46(69-39)52-30-29-41(50)51-48(52)60/h8-9,11-12,15,18,21,26,29-30,35-40,44-46,53,57-58H,4-7,10,13-14,16-17,19-20,22-25,27-28,31-34,49H2,1-3H3,(H,54,55)(H,61,62)(H,63,64)(H2,50,51,60)/b9-8-,12-11-,18-15+,26-21+/t36-,37+,38+,39-,40-,44-,45-,46-/m1/s1. The average Bonchev–Trinajstić information content (AvgIpc) is 3.60. The lowest BCUT2D eigenvalue weighted by Crippen LogP contribution is -2.38. The first kappa shape index (κ1) is 65.6. The van der Waals surface area contributed by atoms with Crippen LogP contribution in [0, 0.1) is 5.92 Å². The van der Waals surface area contributed by atoms with Crippen LogP contribution in [0.3, 0.4) is 0 Å². The quantitative estimate of drug-likeness (QED) is 0.0113. The van der Waals surface area contributed by atoms with Gasteiger partial charge in [0, 0.05) is 30.0 Å². The Bertz CT molecular complexity index is 2060. The number of aliphatic hydroxyl groups is 3.